The van der Waals surface area contributed by atoms with Crippen molar-refractivity contribution in [1.29, 1.82) is 0 Å². The summed E-state index contributed by atoms with van der Waals surface area (Å²) in [6, 6.07) is 20.0. The quantitative estimate of drug-likeness (QED) is 0.223. The number of carbonyl (C=O) groups is 1. The second-order valence-corrected chi connectivity index (χ2v) is 8.62. The number of allylic oxidation sites excluding steroid dienone is 1. The molecular weight excluding hydrogens is 418 g/mol. The number of methoxy groups -OCH3 is 1. The van der Waals surface area contributed by atoms with Gasteiger partial charge in [0.25, 0.3) is 5.69 Å². The number of hydrogen-bond donors (Lipinski definition) is 0. The molecule has 31 heavy (non-hydrogen) atoms. The number of Topliss-reactive ketones (excluding diaryl/α,β-unsaturated/α-hetero) is 1. The molecule has 8 heteroatoms. The molecule has 0 aliphatic carbocycles. The van der Waals surface area contributed by atoms with E-state index in [2.05, 4.69) is 0 Å². The van der Waals surface area contributed by atoms with Crippen molar-refractivity contribution in [2.24, 2.45) is 0 Å². The van der Waals surface area contributed by atoms with E-state index in [1.54, 1.807) is 42.5 Å². The Kier molecular flexibility index (Phi) is 6.61. The molecule has 0 aliphatic rings. The summed E-state index contributed by atoms with van der Waals surface area (Å²) in [5.41, 5.74) is 0.955. The molecule has 0 atom stereocenters. The summed E-state index contributed by atoms with van der Waals surface area (Å²) in [5.74, 6) is -0.490. The lowest BCUT2D eigenvalue weighted by atomic mass is 10.1. The molecule has 0 saturated carbocycles. The van der Waals surface area contributed by atoms with Crippen molar-refractivity contribution in [3.05, 3.63) is 111 Å². The van der Waals surface area contributed by atoms with E-state index in [4.69, 9.17) is 4.74 Å². The first-order valence-electron chi connectivity index (χ1n) is 9.22. The van der Waals surface area contributed by atoms with Gasteiger partial charge in [0.05, 0.1) is 17.8 Å². The number of nitrogens with zero attached hydrogens (tertiary/aromatic N) is 1. The maximum Gasteiger partial charge on any atom is 0.269 e. The number of rotatable bonds is 8. The highest BCUT2D eigenvalue weighted by atomic mass is 32.2. The van der Waals surface area contributed by atoms with Crippen LogP contribution in [0.5, 0.6) is 5.75 Å². The highest BCUT2D eigenvalue weighted by Gasteiger charge is 2.26. The average molecular weight is 437 g/mol. The molecule has 0 radical (unpaired) electrons. The van der Waals surface area contributed by atoms with Crippen molar-refractivity contribution < 1.29 is 22.9 Å². The number of non-ortho nitro benzene ring substituents is 1. The maximum absolute atomic E-state index is 13.2. The van der Waals surface area contributed by atoms with E-state index >= 15 is 0 Å². The van der Waals surface area contributed by atoms with Crippen LogP contribution in [0, 0.1) is 10.1 Å². The molecule has 0 heterocycles. The molecule has 3 aromatic carbocycles. The standard InChI is InChI=1S/C23H19NO6S/c1-30-21-13-9-19(10-14-21)23(25)22(15-17-7-11-20(12-8-17)24(26)27)31(28,29)16-18-5-3-2-4-6-18/h2-15H,16H2,1H3/b22-15+. The Hall–Kier alpha value is -3.78. The zero-order chi connectivity index (χ0) is 22.4. The average Bonchev–Trinajstić information content (AvgIpc) is 2.77. The first-order chi connectivity index (χ1) is 14.8. The number of sulfone groups is 1. The van der Waals surface area contributed by atoms with Crippen molar-refractivity contribution in [3.8, 4) is 5.75 Å². The summed E-state index contributed by atoms with van der Waals surface area (Å²) in [4.78, 5) is 23.1. The molecule has 7 nitrogen and oxygen atoms in total. The monoisotopic (exact) mass is 437 g/mol. The molecule has 0 saturated heterocycles. The van der Waals surface area contributed by atoms with Crippen molar-refractivity contribution in [2.75, 3.05) is 7.11 Å². The van der Waals surface area contributed by atoms with E-state index in [1.165, 1.54) is 49.6 Å². The van der Waals surface area contributed by atoms with Crippen LogP contribution in [-0.2, 0) is 15.6 Å². The maximum atomic E-state index is 13.2. The second-order valence-electron chi connectivity index (χ2n) is 6.66. The molecule has 0 spiro atoms. The van der Waals surface area contributed by atoms with Crippen LogP contribution in [0.4, 0.5) is 5.69 Å². The Balaban J connectivity index is 2.05. The van der Waals surface area contributed by atoms with Gasteiger partial charge < -0.3 is 4.74 Å². The van der Waals surface area contributed by atoms with E-state index < -0.39 is 25.4 Å². The van der Waals surface area contributed by atoms with Gasteiger partial charge in [-0.3, -0.25) is 14.9 Å². The Labute approximate surface area is 179 Å². The lowest BCUT2D eigenvalue weighted by molar-refractivity contribution is -0.384. The Bertz CT molecular complexity index is 1220. The van der Waals surface area contributed by atoms with E-state index in [-0.39, 0.29) is 17.0 Å². The highest BCUT2D eigenvalue weighted by Crippen LogP contribution is 2.24. The third kappa shape index (κ3) is 5.43. The van der Waals surface area contributed by atoms with Gasteiger partial charge in [-0.1, -0.05) is 30.3 Å². The summed E-state index contributed by atoms with van der Waals surface area (Å²) < 4.78 is 31.5. The first-order valence-corrected chi connectivity index (χ1v) is 10.9. The first kappa shape index (κ1) is 21.9. The van der Waals surface area contributed by atoms with Gasteiger partial charge in [-0.05, 0) is 53.6 Å². The van der Waals surface area contributed by atoms with Crippen molar-refractivity contribution in [3.63, 3.8) is 0 Å². The van der Waals surface area contributed by atoms with Crippen LogP contribution < -0.4 is 4.74 Å². The van der Waals surface area contributed by atoms with Crippen LogP contribution in [-0.4, -0.2) is 26.2 Å². The van der Waals surface area contributed by atoms with Crippen LogP contribution >= 0.6 is 0 Å². The van der Waals surface area contributed by atoms with Crippen molar-refractivity contribution in [2.45, 2.75) is 5.75 Å². The molecule has 3 aromatic rings. The summed E-state index contributed by atoms with van der Waals surface area (Å²) >= 11 is 0. The van der Waals surface area contributed by atoms with Crippen molar-refractivity contribution >= 4 is 27.4 Å². The Morgan fingerprint density at radius 1 is 0.968 bits per heavy atom. The molecule has 0 fully saturated rings. The SMILES string of the molecule is COc1ccc(C(=O)/C(=C\c2ccc([N+](=O)[O-])cc2)S(=O)(=O)Cc2ccccc2)cc1. The van der Waals surface area contributed by atoms with E-state index in [0.29, 0.717) is 16.9 Å². The van der Waals surface area contributed by atoms with Gasteiger partial charge in [0, 0.05) is 17.7 Å². The largest absolute Gasteiger partial charge is 0.497 e. The predicted octanol–water partition coefficient (Wildman–Crippen LogP) is 4.44. The summed E-state index contributed by atoms with van der Waals surface area (Å²) in [6.07, 6.45) is 1.24. The number of ketones is 1. The van der Waals surface area contributed by atoms with Gasteiger partial charge in [0.15, 0.2) is 9.84 Å². The van der Waals surface area contributed by atoms with Gasteiger partial charge in [-0.2, -0.15) is 0 Å². The minimum absolute atomic E-state index is 0.132. The number of hydrogen-bond acceptors (Lipinski definition) is 6. The molecule has 0 N–H and O–H groups in total. The summed E-state index contributed by atoms with van der Waals surface area (Å²) in [7, 11) is -2.53. The molecule has 0 amide bonds. The fourth-order valence-corrected chi connectivity index (χ4v) is 4.40. The van der Waals surface area contributed by atoms with E-state index in [9.17, 15) is 23.3 Å². The third-order valence-electron chi connectivity index (χ3n) is 4.51. The van der Waals surface area contributed by atoms with Crippen molar-refractivity contribution in [1.82, 2.24) is 0 Å². The van der Waals surface area contributed by atoms with Gasteiger partial charge in [-0.25, -0.2) is 8.42 Å². The fraction of sp³-hybridized carbons (Fsp3) is 0.0870. The Morgan fingerprint density at radius 2 is 1.58 bits per heavy atom. The molecule has 0 unspecified atom stereocenters. The predicted molar refractivity (Wildman–Crippen MR) is 117 cm³/mol. The number of nitro groups is 1. The van der Waals surface area contributed by atoms with Gasteiger partial charge in [0.1, 0.15) is 10.7 Å². The smallest absolute Gasteiger partial charge is 0.269 e. The van der Waals surface area contributed by atoms with Crippen LogP contribution in [0.1, 0.15) is 21.5 Å². The van der Waals surface area contributed by atoms with Crippen LogP contribution in [0.25, 0.3) is 6.08 Å². The lowest BCUT2D eigenvalue weighted by Crippen LogP contribution is -2.16. The second kappa shape index (κ2) is 9.36. The molecule has 158 valence electrons. The van der Waals surface area contributed by atoms with Gasteiger partial charge >= 0.3 is 0 Å². The molecule has 0 aromatic heterocycles. The van der Waals surface area contributed by atoms with Gasteiger partial charge in [-0.15, -0.1) is 0 Å². The number of carbonyl (C=O) groups excluding carboxylic acids is 1. The number of nitro benzene ring substituents is 1. The minimum atomic E-state index is -4.02. The summed E-state index contributed by atoms with van der Waals surface area (Å²) in [5, 5.41) is 10.9. The normalized spacial score (nSPS) is 11.7. The zero-order valence-electron chi connectivity index (χ0n) is 16.6. The van der Waals surface area contributed by atoms with E-state index in [0.717, 1.165) is 0 Å². The highest BCUT2D eigenvalue weighted by molar-refractivity contribution is 7.95. The number of ether oxygens (including phenoxy) is 1. The minimum Gasteiger partial charge on any atom is -0.497 e. The van der Waals surface area contributed by atoms with Crippen LogP contribution in [0.3, 0.4) is 0 Å². The zero-order valence-corrected chi connectivity index (χ0v) is 17.4. The van der Waals surface area contributed by atoms with Crippen LogP contribution in [0.15, 0.2) is 83.8 Å². The molecule has 0 bridgehead atoms. The van der Waals surface area contributed by atoms with Gasteiger partial charge in [0.2, 0.25) is 5.78 Å². The molecular formula is C23H19NO6S. The van der Waals surface area contributed by atoms with E-state index in [1.807, 2.05) is 0 Å². The van der Waals surface area contributed by atoms with Crippen LogP contribution in [0.2, 0.25) is 0 Å². The third-order valence-corrected chi connectivity index (χ3v) is 6.20. The number of benzene rings is 3. The molecule has 0 aliphatic heterocycles. The summed E-state index contributed by atoms with van der Waals surface area (Å²) in [6.45, 7) is 0. The Morgan fingerprint density at radius 3 is 2.13 bits per heavy atom. The molecule has 3 rings (SSSR count). The topological polar surface area (TPSA) is 104 Å². The fourth-order valence-electron chi connectivity index (χ4n) is 2.90. The lowest BCUT2D eigenvalue weighted by Gasteiger charge is -2.10.